The summed E-state index contributed by atoms with van der Waals surface area (Å²) < 4.78 is 67.8. The van der Waals surface area contributed by atoms with Crippen LogP contribution in [0.25, 0.3) is 22.1 Å². The van der Waals surface area contributed by atoms with E-state index >= 15 is 0 Å². The molecule has 2 aliphatic carbocycles. The van der Waals surface area contributed by atoms with Crippen LogP contribution >= 0.6 is 0 Å². The largest absolute Gasteiger partial charge is 0.399 e. The first-order valence-electron chi connectivity index (χ1n) is 14.5. The third-order valence-electron chi connectivity index (χ3n) is 7.92. The first-order valence-corrected chi connectivity index (χ1v) is 17.4. The van der Waals surface area contributed by atoms with E-state index in [2.05, 4.69) is 21.1 Å². The highest BCUT2D eigenvalue weighted by molar-refractivity contribution is 7.95. The van der Waals surface area contributed by atoms with Crippen molar-refractivity contribution >= 4 is 71.3 Å². The number of carbonyl (C=O) groups is 2. The number of hydrogen-bond acceptors (Lipinski definition) is 11. The number of Topliss-reactive ketones (excluding diaryl/α,β-unsaturated/α-hetero) is 2. The van der Waals surface area contributed by atoms with Crippen LogP contribution in [0.1, 0.15) is 43.0 Å². The molecule has 0 radical (unpaired) electrons. The number of nitrogens with zero attached hydrogens (tertiary/aromatic N) is 2. The Balaban J connectivity index is 1.23. The summed E-state index contributed by atoms with van der Waals surface area (Å²) in [6.45, 7) is 3.61. The van der Waals surface area contributed by atoms with Crippen LogP contribution in [0.15, 0.2) is 100 Å². The highest BCUT2D eigenvalue weighted by Crippen LogP contribution is 2.32. The average molecular weight is 698 g/mol. The molecule has 0 saturated carbocycles. The molecule has 0 fully saturated rings. The van der Waals surface area contributed by atoms with Crippen LogP contribution < -0.4 is 16.6 Å². The highest BCUT2D eigenvalue weighted by atomic mass is 32.2. The predicted octanol–water partition coefficient (Wildman–Crippen LogP) is 5.34. The van der Waals surface area contributed by atoms with Gasteiger partial charge in [-0.3, -0.25) is 29.5 Å². The number of anilines is 3. The second-order valence-corrected chi connectivity index (χ2v) is 14.0. The summed E-state index contributed by atoms with van der Waals surface area (Å²) in [5.41, 5.74) is 15.7. The molecule has 248 valence electrons. The maximum atomic E-state index is 13.2. The number of nitrogen functional groups attached to an aromatic ring is 1. The molecule has 0 aliphatic heterocycles. The van der Waals surface area contributed by atoms with Crippen molar-refractivity contribution in [2.75, 3.05) is 16.6 Å². The minimum absolute atomic E-state index is 0.0948. The molecule has 6 N–H and O–H groups in total. The van der Waals surface area contributed by atoms with Gasteiger partial charge in [-0.2, -0.15) is 27.0 Å². The van der Waals surface area contributed by atoms with E-state index < -0.39 is 47.3 Å². The summed E-state index contributed by atoms with van der Waals surface area (Å²) in [6.07, 6.45) is 2.17. The zero-order chi connectivity index (χ0) is 35.2. The van der Waals surface area contributed by atoms with E-state index in [1.807, 2.05) is 25.1 Å². The summed E-state index contributed by atoms with van der Waals surface area (Å²) in [4.78, 5) is 25.1. The maximum Gasteiger partial charge on any atom is 0.296 e. The fourth-order valence-corrected chi connectivity index (χ4v) is 6.81. The summed E-state index contributed by atoms with van der Waals surface area (Å²) in [5, 5.41) is 8.21. The molecule has 0 amide bonds. The Morgan fingerprint density at radius 2 is 1.20 bits per heavy atom. The number of hydrogen-bond donors (Lipinski definition) is 5. The van der Waals surface area contributed by atoms with Gasteiger partial charge in [-0.1, -0.05) is 36.4 Å². The van der Waals surface area contributed by atoms with Gasteiger partial charge in [-0.15, -0.1) is 0 Å². The standard InChI is InChI=1S/C34H27N5O8S2/c1-18-13-20(7-11-27(18)36-38-29-17-30(48(42,43)44)25-5-3-4-6-26(25)33(29)40)21-8-12-28(19(2)14-21)37-39-32-31(49(45,46)47)16-22-15-23(35)9-10-24(22)34(32)41/h3-17,36-37H,35H2,1-2H3,(H,42,43,44)(H,45,46,47)/b38-29+,39-32-. The quantitative estimate of drug-likeness (QED) is 0.0943. The smallest absolute Gasteiger partial charge is 0.296 e. The van der Waals surface area contributed by atoms with Crippen molar-refractivity contribution in [1.82, 2.24) is 0 Å². The van der Waals surface area contributed by atoms with Crippen LogP contribution in [0.5, 0.6) is 0 Å². The summed E-state index contributed by atoms with van der Waals surface area (Å²) in [6, 6.07) is 21.2. The highest BCUT2D eigenvalue weighted by Gasteiger charge is 2.33. The van der Waals surface area contributed by atoms with E-state index in [1.54, 1.807) is 37.3 Å². The molecule has 15 heteroatoms. The first kappa shape index (κ1) is 33.2. The van der Waals surface area contributed by atoms with Gasteiger partial charge in [0, 0.05) is 22.4 Å². The lowest BCUT2D eigenvalue weighted by Crippen LogP contribution is -2.27. The van der Waals surface area contributed by atoms with Crippen LogP contribution in [-0.4, -0.2) is 48.9 Å². The minimum atomic E-state index is -4.80. The number of aryl methyl sites for hydroxylation is 2. The van der Waals surface area contributed by atoms with E-state index in [9.17, 15) is 35.5 Å². The van der Waals surface area contributed by atoms with Crippen LogP contribution in [0, 0.1) is 13.8 Å². The molecule has 4 aromatic rings. The molecule has 0 heterocycles. The molecular weight excluding hydrogens is 671 g/mol. The van der Waals surface area contributed by atoms with Gasteiger partial charge in [0.05, 0.1) is 11.4 Å². The van der Waals surface area contributed by atoms with Crippen molar-refractivity contribution in [2.24, 2.45) is 10.2 Å². The van der Waals surface area contributed by atoms with E-state index in [1.165, 1.54) is 30.3 Å². The van der Waals surface area contributed by atoms with Crippen molar-refractivity contribution in [3.63, 3.8) is 0 Å². The average Bonchev–Trinajstić information content (AvgIpc) is 3.04. The van der Waals surface area contributed by atoms with E-state index in [-0.39, 0.29) is 28.0 Å². The molecule has 0 aromatic heterocycles. The van der Waals surface area contributed by atoms with Crippen molar-refractivity contribution < 1.29 is 35.5 Å². The molecule has 13 nitrogen and oxygen atoms in total. The van der Waals surface area contributed by atoms with Gasteiger partial charge < -0.3 is 5.73 Å². The molecule has 0 bridgehead atoms. The Kier molecular flexibility index (Phi) is 8.37. The number of fused-ring (bicyclic) bond motifs is 2. The molecular formula is C34H27N5O8S2. The Hall–Kier alpha value is -5.74. The number of allylic oxidation sites excluding steroid dienone is 2. The molecule has 6 rings (SSSR count). The lowest BCUT2D eigenvalue weighted by molar-refractivity contribution is 0.105. The minimum Gasteiger partial charge on any atom is -0.399 e. The summed E-state index contributed by atoms with van der Waals surface area (Å²) >= 11 is 0. The van der Waals surface area contributed by atoms with Crippen molar-refractivity contribution in [3.05, 3.63) is 123 Å². The molecule has 4 aromatic carbocycles. The van der Waals surface area contributed by atoms with Gasteiger partial charge in [0.15, 0.2) is 5.71 Å². The number of carbonyl (C=O) groups excluding carboxylic acids is 2. The van der Waals surface area contributed by atoms with Crippen LogP contribution in [0.3, 0.4) is 0 Å². The zero-order valence-electron chi connectivity index (χ0n) is 25.8. The van der Waals surface area contributed by atoms with Gasteiger partial charge in [0.2, 0.25) is 11.6 Å². The van der Waals surface area contributed by atoms with Gasteiger partial charge >= 0.3 is 0 Å². The van der Waals surface area contributed by atoms with Crippen molar-refractivity contribution in [3.8, 4) is 11.1 Å². The molecule has 0 unspecified atom stereocenters. The Morgan fingerprint density at radius 1 is 0.633 bits per heavy atom. The Labute approximate surface area is 281 Å². The number of nitrogens with one attached hydrogen (secondary N) is 2. The Bertz CT molecular complexity index is 2470. The van der Waals surface area contributed by atoms with E-state index in [0.29, 0.717) is 22.6 Å². The van der Waals surface area contributed by atoms with Crippen LogP contribution in [0.2, 0.25) is 0 Å². The monoisotopic (exact) mass is 697 g/mol. The van der Waals surface area contributed by atoms with Gasteiger partial charge in [0.1, 0.15) is 15.5 Å². The molecule has 0 saturated heterocycles. The number of rotatable bonds is 7. The van der Waals surface area contributed by atoms with E-state index in [0.717, 1.165) is 28.8 Å². The normalized spacial score (nSPS) is 16.2. The van der Waals surface area contributed by atoms with Crippen molar-refractivity contribution in [1.29, 1.82) is 0 Å². The fourth-order valence-electron chi connectivity index (χ4n) is 5.43. The van der Waals surface area contributed by atoms with Crippen LogP contribution in [0.4, 0.5) is 17.1 Å². The van der Waals surface area contributed by atoms with Gasteiger partial charge in [0.25, 0.3) is 20.2 Å². The second kappa shape index (κ2) is 12.4. The van der Waals surface area contributed by atoms with E-state index in [4.69, 9.17) is 5.73 Å². The van der Waals surface area contributed by atoms with Gasteiger partial charge in [-0.25, -0.2) is 0 Å². The second-order valence-electron chi connectivity index (χ2n) is 11.3. The third-order valence-corrected chi connectivity index (χ3v) is 9.68. The Morgan fingerprint density at radius 3 is 1.78 bits per heavy atom. The van der Waals surface area contributed by atoms with Crippen LogP contribution in [-0.2, 0) is 20.2 Å². The zero-order valence-corrected chi connectivity index (χ0v) is 27.4. The lowest BCUT2D eigenvalue weighted by atomic mass is 9.94. The first-order chi connectivity index (χ1) is 23.1. The topological polar surface area (TPSA) is 218 Å². The fraction of sp³-hybridized carbons (Fsp3) is 0.0588. The number of nitrogens with two attached hydrogens (primary N) is 1. The number of benzene rings is 4. The molecule has 2 aliphatic rings. The molecule has 0 atom stereocenters. The molecule has 0 spiro atoms. The van der Waals surface area contributed by atoms with Crippen molar-refractivity contribution in [2.45, 2.75) is 13.8 Å². The van der Waals surface area contributed by atoms with Gasteiger partial charge in [-0.05, 0) is 96.3 Å². The molecule has 49 heavy (non-hydrogen) atoms. The summed E-state index contributed by atoms with van der Waals surface area (Å²) in [5.74, 6) is -1.21. The predicted molar refractivity (Wildman–Crippen MR) is 188 cm³/mol. The maximum absolute atomic E-state index is 13.2. The lowest BCUT2D eigenvalue weighted by Gasteiger charge is -2.17. The SMILES string of the molecule is Cc1cc(-c2ccc(N/N=C3\C(=O)c4ccc(N)cc4C=C3S(=O)(=O)O)c(C)c2)ccc1N/N=C1\C=C(S(=O)(=O)O)c2ccccc2C1=O. The number of hydrazone groups is 2. The summed E-state index contributed by atoms with van der Waals surface area (Å²) in [7, 11) is -9.43. The third kappa shape index (κ3) is 6.55. The number of ketones is 2.